The smallest absolute Gasteiger partial charge is 0.272 e. The van der Waals surface area contributed by atoms with Crippen LogP contribution >= 0.6 is 0 Å². The SMILES string of the molecule is Cc1ccc(C(=O)Nc2cccc(/C=N/NC(=O)c3cccnc3)c2)cc1. The van der Waals surface area contributed by atoms with E-state index in [2.05, 4.69) is 20.8 Å². The van der Waals surface area contributed by atoms with E-state index < -0.39 is 0 Å². The van der Waals surface area contributed by atoms with Gasteiger partial charge in [-0.05, 0) is 48.9 Å². The predicted octanol–water partition coefficient (Wildman–Crippen LogP) is 3.41. The first kappa shape index (κ1) is 18.0. The molecule has 0 spiro atoms. The summed E-state index contributed by atoms with van der Waals surface area (Å²) < 4.78 is 0. The van der Waals surface area contributed by atoms with Gasteiger partial charge < -0.3 is 5.32 Å². The molecule has 1 aromatic heterocycles. The van der Waals surface area contributed by atoms with Gasteiger partial charge in [-0.2, -0.15) is 5.10 Å². The molecule has 6 heteroatoms. The Balaban J connectivity index is 1.62. The molecule has 2 amide bonds. The number of anilines is 1. The third-order valence-electron chi connectivity index (χ3n) is 3.76. The molecular formula is C21H18N4O2. The molecule has 134 valence electrons. The van der Waals surface area contributed by atoms with Crippen LogP contribution in [-0.4, -0.2) is 23.0 Å². The number of hydrogen-bond donors (Lipinski definition) is 2. The summed E-state index contributed by atoms with van der Waals surface area (Å²) in [5.41, 5.74) is 5.93. The van der Waals surface area contributed by atoms with Crippen LogP contribution in [0.3, 0.4) is 0 Å². The van der Waals surface area contributed by atoms with Crippen LogP contribution in [0.1, 0.15) is 31.8 Å². The Kier molecular flexibility index (Phi) is 5.69. The van der Waals surface area contributed by atoms with E-state index in [1.165, 1.54) is 12.4 Å². The minimum absolute atomic E-state index is 0.186. The van der Waals surface area contributed by atoms with Crippen LogP contribution in [0, 0.1) is 6.92 Å². The van der Waals surface area contributed by atoms with Crippen LogP contribution in [0.5, 0.6) is 0 Å². The van der Waals surface area contributed by atoms with E-state index in [4.69, 9.17) is 0 Å². The van der Waals surface area contributed by atoms with Gasteiger partial charge in [-0.15, -0.1) is 0 Å². The number of rotatable bonds is 5. The van der Waals surface area contributed by atoms with Gasteiger partial charge in [-0.3, -0.25) is 14.6 Å². The molecule has 0 fully saturated rings. The number of hydrogen-bond acceptors (Lipinski definition) is 4. The van der Waals surface area contributed by atoms with Gasteiger partial charge in [0.05, 0.1) is 11.8 Å². The number of benzene rings is 2. The summed E-state index contributed by atoms with van der Waals surface area (Å²) in [4.78, 5) is 28.1. The van der Waals surface area contributed by atoms with Crippen LogP contribution in [0.15, 0.2) is 78.2 Å². The van der Waals surface area contributed by atoms with Gasteiger partial charge >= 0.3 is 0 Å². The molecule has 0 bridgehead atoms. The van der Waals surface area contributed by atoms with Crippen molar-refractivity contribution in [1.82, 2.24) is 10.4 Å². The van der Waals surface area contributed by atoms with Gasteiger partial charge in [0.15, 0.2) is 0 Å². The van der Waals surface area contributed by atoms with Crippen LogP contribution < -0.4 is 10.7 Å². The van der Waals surface area contributed by atoms with Gasteiger partial charge in [-0.25, -0.2) is 5.43 Å². The zero-order valence-corrected chi connectivity index (χ0v) is 14.7. The number of aromatic nitrogens is 1. The van der Waals surface area contributed by atoms with Crippen LogP contribution in [-0.2, 0) is 0 Å². The van der Waals surface area contributed by atoms with E-state index >= 15 is 0 Å². The Hall–Kier alpha value is -3.80. The Morgan fingerprint density at radius 1 is 0.963 bits per heavy atom. The average molecular weight is 358 g/mol. The zero-order chi connectivity index (χ0) is 19.1. The van der Waals surface area contributed by atoms with Gasteiger partial charge in [-0.1, -0.05) is 29.8 Å². The molecule has 0 radical (unpaired) electrons. The molecule has 0 unspecified atom stereocenters. The summed E-state index contributed by atoms with van der Waals surface area (Å²) in [7, 11) is 0. The maximum atomic E-state index is 12.3. The van der Waals surface area contributed by atoms with Crippen molar-refractivity contribution in [1.29, 1.82) is 0 Å². The number of amides is 2. The van der Waals surface area contributed by atoms with Crippen LogP contribution in [0.25, 0.3) is 0 Å². The quantitative estimate of drug-likeness (QED) is 0.541. The summed E-state index contributed by atoms with van der Waals surface area (Å²) in [6.45, 7) is 1.97. The predicted molar refractivity (Wildman–Crippen MR) is 105 cm³/mol. The van der Waals surface area contributed by atoms with Crippen molar-refractivity contribution >= 4 is 23.7 Å². The molecule has 3 aromatic rings. The lowest BCUT2D eigenvalue weighted by Gasteiger charge is -2.06. The lowest BCUT2D eigenvalue weighted by atomic mass is 10.1. The molecule has 0 aliphatic heterocycles. The fourth-order valence-electron chi connectivity index (χ4n) is 2.33. The fourth-order valence-corrected chi connectivity index (χ4v) is 2.33. The topological polar surface area (TPSA) is 83.5 Å². The van der Waals surface area contributed by atoms with Crippen molar-refractivity contribution in [2.75, 3.05) is 5.32 Å². The molecule has 0 aliphatic carbocycles. The van der Waals surface area contributed by atoms with Crippen molar-refractivity contribution in [2.24, 2.45) is 5.10 Å². The second-order valence-corrected chi connectivity index (χ2v) is 5.89. The Labute approximate surface area is 157 Å². The summed E-state index contributed by atoms with van der Waals surface area (Å²) in [5, 5.41) is 6.79. The Bertz CT molecular complexity index is 967. The summed E-state index contributed by atoms with van der Waals surface area (Å²) in [6.07, 6.45) is 4.57. The number of nitrogens with one attached hydrogen (secondary N) is 2. The first-order valence-electron chi connectivity index (χ1n) is 8.33. The number of carbonyl (C=O) groups is 2. The standard InChI is InChI=1S/C21H18N4O2/c1-15-7-9-17(10-8-15)20(26)24-19-6-2-4-16(12-19)13-23-25-21(27)18-5-3-11-22-14-18/h2-14H,1H3,(H,24,26)(H,25,27)/b23-13+. The molecule has 3 rings (SSSR count). The first-order chi connectivity index (χ1) is 13.1. The Morgan fingerprint density at radius 2 is 1.78 bits per heavy atom. The lowest BCUT2D eigenvalue weighted by molar-refractivity contribution is 0.0954. The Morgan fingerprint density at radius 3 is 2.52 bits per heavy atom. The van der Waals surface area contributed by atoms with Crippen molar-refractivity contribution < 1.29 is 9.59 Å². The zero-order valence-electron chi connectivity index (χ0n) is 14.7. The summed E-state index contributed by atoms with van der Waals surface area (Å²) in [6, 6.07) is 17.9. The molecule has 27 heavy (non-hydrogen) atoms. The number of pyridine rings is 1. The van der Waals surface area contributed by atoms with Crippen molar-refractivity contribution in [3.63, 3.8) is 0 Å². The van der Waals surface area contributed by atoms with E-state index in [0.717, 1.165) is 11.1 Å². The maximum absolute atomic E-state index is 12.3. The van der Waals surface area contributed by atoms with Crippen LogP contribution in [0.2, 0.25) is 0 Å². The molecular weight excluding hydrogens is 340 g/mol. The second kappa shape index (κ2) is 8.53. The summed E-state index contributed by atoms with van der Waals surface area (Å²) >= 11 is 0. The highest BCUT2D eigenvalue weighted by molar-refractivity contribution is 6.04. The van der Waals surface area contributed by atoms with Gasteiger partial charge in [0, 0.05) is 23.6 Å². The third kappa shape index (κ3) is 5.09. The second-order valence-electron chi connectivity index (χ2n) is 5.89. The monoisotopic (exact) mass is 358 g/mol. The van der Waals surface area contributed by atoms with Crippen molar-refractivity contribution in [3.8, 4) is 0 Å². The molecule has 1 heterocycles. The minimum Gasteiger partial charge on any atom is -0.322 e. The lowest BCUT2D eigenvalue weighted by Crippen LogP contribution is -2.17. The number of hydrazone groups is 1. The van der Waals surface area contributed by atoms with E-state index in [-0.39, 0.29) is 11.8 Å². The molecule has 0 aliphatic rings. The number of nitrogens with zero attached hydrogens (tertiary/aromatic N) is 2. The molecule has 2 N–H and O–H groups in total. The highest BCUT2D eigenvalue weighted by Crippen LogP contribution is 2.12. The third-order valence-corrected chi connectivity index (χ3v) is 3.76. The van der Waals surface area contributed by atoms with Gasteiger partial charge in [0.2, 0.25) is 0 Å². The average Bonchev–Trinajstić information content (AvgIpc) is 2.69. The minimum atomic E-state index is -0.344. The first-order valence-corrected chi connectivity index (χ1v) is 8.33. The van der Waals surface area contributed by atoms with E-state index in [1.807, 2.05) is 25.1 Å². The van der Waals surface area contributed by atoms with Crippen molar-refractivity contribution in [3.05, 3.63) is 95.3 Å². The normalized spacial score (nSPS) is 10.6. The van der Waals surface area contributed by atoms with E-state index in [1.54, 1.807) is 48.7 Å². The molecule has 0 saturated heterocycles. The number of aryl methyl sites for hydroxylation is 1. The van der Waals surface area contributed by atoms with Gasteiger partial charge in [0.25, 0.3) is 11.8 Å². The van der Waals surface area contributed by atoms with E-state index in [0.29, 0.717) is 16.8 Å². The maximum Gasteiger partial charge on any atom is 0.272 e. The molecule has 0 atom stereocenters. The van der Waals surface area contributed by atoms with Gasteiger partial charge in [0.1, 0.15) is 0 Å². The largest absolute Gasteiger partial charge is 0.322 e. The molecule has 2 aromatic carbocycles. The highest BCUT2D eigenvalue weighted by Gasteiger charge is 2.06. The van der Waals surface area contributed by atoms with Crippen LogP contribution in [0.4, 0.5) is 5.69 Å². The van der Waals surface area contributed by atoms with Crippen molar-refractivity contribution in [2.45, 2.75) is 6.92 Å². The van der Waals surface area contributed by atoms with E-state index in [9.17, 15) is 9.59 Å². The molecule has 0 saturated carbocycles. The highest BCUT2D eigenvalue weighted by atomic mass is 16.2. The number of carbonyl (C=O) groups excluding carboxylic acids is 2. The summed E-state index contributed by atoms with van der Waals surface area (Å²) in [5.74, 6) is -0.530. The fraction of sp³-hybridized carbons (Fsp3) is 0.0476. The molecule has 6 nitrogen and oxygen atoms in total.